The molecule has 14 heavy (non-hydrogen) atoms. The largest absolute Gasteiger partial charge is 0.296 e. The monoisotopic (exact) mass is 218 g/mol. The van der Waals surface area contributed by atoms with Crippen LogP contribution in [-0.4, -0.2) is 25.5 Å². The number of amides is 2. The number of imide groups is 1. The van der Waals surface area contributed by atoms with E-state index < -0.39 is 32.8 Å². The van der Waals surface area contributed by atoms with Crippen LogP contribution in [0.3, 0.4) is 0 Å². The van der Waals surface area contributed by atoms with E-state index in [1.807, 2.05) is 0 Å². The van der Waals surface area contributed by atoms with Gasteiger partial charge in [0.2, 0.25) is 11.8 Å². The van der Waals surface area contributed by atoms with Gasteiger partial charge in [-0.15, -0.1) is 0 Å². The van der Waals surface area contributed by atoms with Gasteiger partial charge in [-0.25, -0.2) is 8.42 Å². The topological polar surface area (TPSA) is 80.3 Å². The van der Waals surface area contributed by atoms with E-state index in [1.165, 1.54) is 0 Å². The first-order valence-electron chi connectivity index (χ1n) is 4.27. The molecule has 79 valence electrons. The van der Waals surface area contributed by atoms with Crippen LogP contribution in [0, 0.1) is 12.2 Å². The van der Waals surface area contributed by atoms with E-state index in [0.29, 0.717) is 0 Å². The summed E-state index contributed by atoms with van der Waals surface area (Å²) in [7, 11) is -3.52. The average molecular weight is 218 g/mol. The van der Waals surface area contributed by atoms with Crippen molar-refractivity contribution >= 4 is 21.7 Å². The fourth-order valence-electron chi connectivity index (χ4n) is 1.66. The first-order chi connectivity index (χ1) is 6.36. The first kappa shape index (κ1) is 11.2. The zero-order valence-corrected chi connectivity index (χ0v) is 8.63. The Morgan fingerprint density at radius 1 is 1.57 bits per heavy atom. The Labute approximate surface area is 82.8 Å². The summed E-state index contributed by atoms with van der Waals surface area (Å²) in [5.74, 6) is -1.69. The van der Waals surface area contributed by atoms with E-state index >= 15 is 0 Å². The second-order valence-electron chi connectivity index (χ2n) is 3.33. The fraction of sp³-hybridized carbons (Fsp3) is 0.625. The van der Waals surface area contributed by atoms with Gasteiger partial charge in [-0.1, -0.05) is 6.92 Å². The molecule has 1 fully saturated rings. The third-order valence-corrected chi connectivity index (χ3v) is 3.90. The maximum Gasteiger partial charge on any atom is 0.231 e. The minimum absolute atomic E-state index is 0.0495. The summed E-state index contributed by atoms with van der Waals surface area (Å²) in [5, 5.41) is 1.23. The molecule has 1 radical (unpaired) electrons. The van der Waals surface area contributed by atoms with Crippen molar-refractivity contribution in [1.29, 1.82) is 0 Å². The van der Waals surface area contributed by atoms with Crippen LogP contribution < -0.4 is 5.32 Å². The number of sulfone groups is 1. The third-order valence-electron chi connectivity index (χ3n) is 2.32. The van der Waals surface area contributed by atoms with Crippen LogP contribution in [0.2, 0.25) is 0 Å². The van der Waals surface area contributed by atoms with Crippen molar-refractivity contribution in [3.63, 3.8) is 0 Å². The minimum Gasteiger partial charge on any atom is -0.296 e. The third kappa shape index (κ3) is 2.12. The fourth-order valence-corrected chi connectivity index (χ4v) is 2.89. The summed E-state index contributed by atoms with van der Waals surface area (Å²) in [6, 6.07) is 0. The number of carbonyl (C=O) groups is 2. The molecule has 1 heterocycles. The zero-order valence-electron chi connectivity index (χ0n) is 7.82. The summed E-state index contributed by atoms with van der Waals surface area (Å²) < 4.78 is 22.4. The molecule has 0 saturated carbocycles. The molecule has 1 saturated heterocycles. The second kappa shape index (κ2) is 3.68. The highest BCUT2D eigenvalue weighted by atomic mass is 32.2. The molecule has 0 aliphatic carbocycles. The van der Waals surface area contributed by atoms with Crippen LogP contribution in [0.5, 0.6) is 0 Å². The zero-order chi connectivity index (χ0) is 10.9. The Morgan fingerprint density at radius 3 is 2.43 bits per heavy atom. The number of hydrogen-bond donors (Lipinski definition) is 1. The van der Waals surface area contributed by atoms with Gasteiger partial charge in [0.05, 0.1) is 17.4 Å². The van der Waals surface area contributed by atoms with Crippen molar-refractivity contribution in [3.05, 3.63) is 6.26 Å². The first-order valence-corrected chi connectivity index (χ1v) is 5.98. The van der Waals surface area contributed by atoms with Gasteiger partial charge >= 0.3 is 0 Å². The summed E-state index contributed by atoms with van der Waals surface area (Å²) in [6.07, 6.45) is 3.27. The van der Waals surface area contributed by atoms with E-state index in [0.717, 1.165) is 0 Å². The van der Waals surface area contributed by atoms with Gasteiger partial charge in [-0.2, -0.15) is 0 Å². The van der Waals surface area contributed by atoms with Crippen LogP contribution in [0.25, 0.3) is 0 Å². The smallest absolute Gasteiger partial charge is 0.231 e. The molecule has 6 heteroatoms. The minimum atomic E-state index is -3.52. The van der Waals surface area contributed by atoms with E-state index in [9.17, 15) is 18.0 Å². The van der Waals surface area contributed by atoms with Crippen molar-refractivity contribution < 1.29 is 18.0 Å². The van der Waals surface area contributed by atoms with Gasteiger partial charge in [0.25, 0.3) is 0 Å². The van der Waals surface area contributed by atoms with E-state index in [2.05, 4.69) is 11.6 Å². The molecule has 0 aromatic carbocycles. The lowest BCUT2D eigenvalue weighted by Crippen LogP contribution is -2.33. The Balaban J connectivity index is 2.92. The molecule has 1 N–H and O–H groups in total. The van der Waals surface area contributed by atoms with Crippen molar-refractivity contribution in [2.45, 2.75) is 25.0 Å². The number of nitrogens with one attached hydrogen (secondary N) is 1. The number of hydrogen-bond acceptors (Lipinski definition) is 4. The van der Waals surface area contributed by atoms with E-state index in [-0.39, 0.29) is 12.8 Å². The molecule has 0 aromatic rings. The van der Waals surface area contributed by atoms with Gasteiger partial charge in [-0.05, 0) is 6.42 Å². The molecule has 2 amide bonds. The average Bonchev–Trinajstić information content (AvgIpc) is 2.29. The lowest BCUT2D eigenvalue weighted by Gasteiger charge is -2.16. The SMILES string of the molecule is [CH2]S(=O)(=O)C(CC)C1CC(=O)NC1=O. The van der Waals surface area contributed by atoms with Crippen molar-refractivity contribution in [3.8, 4) is 0 Å². The molecule has 0 aromatic heterocycles. The van der Waals surface area contributed by atoms with E-state index in [1.54, 1.807) is 6.92 Å². The van der Waals surface area contributed by atoms with Gasteiger partial charge < -0.3 is 0 Å². The molecule has 2 unspecified atom stereocenters. The molecule has 1 rings (SSSR count). The second-order valence-corrected chi connectivity index (χ2v) is 5.26. The Kier molecular flexibility index (Phi) is 2.94. The van der Waals surface area contributed by atoms with Gasteiger partial charge in [0.15, 0.2) is 9.84 Å². The van der Waals surface area contributed by atoms with Crippen molar-refractivity contribution in [1.82, 2.24) is 5.32 Å². The summed E-state index contributed by atoms with van der Waals surface area (Å²) in [6.45, 7) is 1.66. The normalized spacial score (nSPS) is 24.9. The summed E-state index contributed by atoms with van der Waals surface area (Å²) in [4.78, 5) is 22.1. The quantitative estimate of drug-likeness (QED) is 0.656. The molecule has 0 bridgehead atoms. The van der Waals surface area contributed by atoms with Crippen LogP contribution in [-0.2, 0) is 19.4 Å². The maximum atomic E-state index is 11.2. The molecular formula is C8H12NO4S. The van der Waals surface area contributed by atoms with Gasteiger partial charge in [-0.3, -0.25) is 14.9 Å². The summed E-state index contributed by atoms with van der Waals surface area (Å²) in [5.41, 5.74) is 0. The van der Waals surface area contributed by atoms with Crippen LogP contribution in [0.1, 0.15) is 19.8 Å². The van der Waals surface area contributed by atoms with Crippen LogP contribution in [0.4, 0.5) is 0 Å². The predicted octanol–water partition coefficient (Wildman–Crippen LogP) is -0.366. The highest BCUT2D eigenvalue weighted by Gasteiger charge is 2.40. The van der Waals surface area contributed by atoms with Crippen LogP contribution >= 0.6 is 0 Å². The highest BCUT2D eigenvalue weighted by Crippen LogP contribution is 2.23. The van der Waals surface area contributed by atoms with Gasteiger partial charge in [0, 0.05) is 6.42 Å². The molecular weight excluding hydrogens is 206 g/mol. The molecule has 5 nitrogen and oxygen atoms in total. The molecule has 2 atom stereocenters. The lowest BCUT2D eigenvalue weighted by atomic mass is 10.0. The highest BCUT2D eigenvalue weighted by molar-refractivity contribution is 7.93. The Morgan fingerprint density at radius 2 is 2.14 bits per heavy atom. The maximum absolute atomic E-state index is 11.2. The predicted molar refractivity (Wildman–Crippen MR) is 49.6 cm³/mol. The van der Waals surface area contributed by atoms with Gasteiger partial charge in [0.1, 0.15) is 0 Å². The van der Waals surface area contributed by atoms with Crippen LogP contribution in [0.15, 0.2) is 0 Å². The van der Waals surface area contributed by atoms with Crippen molar-refractivity contribution in [2.24, 2.45) is 5.92 Å². The van der Waals surface area contributed by atoms with Crippen molar-refractivity contribution in [2.75, 3.05) is 0 Å². The summed E-state index contributed by atoms with van der Waals surface area (Å²) >= 11 is 0. The number of carbonyl (C=O) groups excluding carboxylic acids is 2. The molecule has 0 spiro atoms. The Hall–Kier alpha value is -0.910. The Bertz CT molecular complexity index is 360. The number of rotatable bonds is 3. The standard InChI is InChI=1S/C8H12NO4S/c1-3-6(14(2,12)13)5-4-7(10)9-8(5)11/h5-6H,2-4H2,1H3,(H,9,10,11). The van der Waals surface area contributed by atoms with E-state index in [4.69, 9.17) is 0 Å². The lowest BCUT2D eigenvalue weighted by molar-refractivity contribution is -0.125. The molecule has 1 aliphatic heterocycles. The molecule has 1 aliphatic rings.